The molecule has 0 unspecified atom stereocenters. The average Bonchev–Trinajstić information content (AvgIpc) is 2.53. The molecule has 5 heteroatoms. The van der Waals surface area contributed by atoms with E-state index in [0.717, 1.165) is 5.56 Å². The van der Waals surface area contributed by atoms with Gasteiger partial charge in [-0.3, -0.25) is 0 Å². The molecule has 2 aromatic carbocycles. The second-order valence-electron chi connectivity index (χ2n) is 4.83. The van der Waals surface area contributed by atoms with Crippen LogP contribution in [-0.4, -0.2) is 17.8 Å². The summed E-state index contributed by atoms with van der Waals surface area (Å²) in [5, 5.41) is 11.7. The normalized spacial score (nSPS) is 11.7. The van der Waals surface area contributed by atoms with Crippen LogP contribution in [0, 0.1) is 5.82 Å². The third-order valence-corrected chi connectivity index (χ3v) is 3.17. The predicted octanol–water partition coefficient (Wildman–Crippen LogP) is 3.18. The van der Waals surface area contributed by atoms with Gasteiger partial charge in [0.1, 0.15) is 12.4 Å². The number of hydrogen-bond donors (Lipinski definition) is 2. The first-order valence-electron chi connectivity index (χ1n) is 7.02. The van der Waals surface area contributed by atoms with E-state index >= 15 is 0 Å². The Kier molecular flexibility index (Phi) is 5.91. The van der Waals surface area contributed by atoms with Gasteiger partial charge in [-0.2, -0.15) is 0 Å². The van der Waals surface area contributed by atoms with Crippen LogP contribution in [-0.2, 0) is 11.3 Å². The number of aliphatic hydroxyl groups excluding tert-OH is 1. The number of halogens is 1. The van der Waals surface area contributed by atoms with Crippen molar-refractivity contribution in [3.8, 4) is 0 Å². The Balaban J connectivity index is 1.94. The molecule has 0 aliphatic rings. The number of alkyl carbamates (subject to hydrolysis) is 1. The van der Waals surface area contributed by atoms with Crippen LogP contribution >= 0.6 is 0 Å². The van der Waals surface area contributed by atoms with Crippen molar-refractivity contribution in [3.63, 3.8) is 0 Å². The van der Waals surface area contributed by atoms with Crippen molar-refractivity contribution in [2.45, 2.75) is 19.1 Å². The van der Waals surface area contributed by atoms with E-state index in [1.165, 1.54) is 12.1 Å². The predicted molar refractivity (Wildman–Crippen MR) is 80.6 cm³/mol. The van der Waals surface area contributed by atoms with Crippen LogP contribution in [0.3, 0.4) is 0 Å². The van der Waals surface area contributed by atoms with Crippen LogP contribution in [0.4, 0.5) is 9.18 Å². The number of amides is 1. The van der Waals surface area contributed by atoms with Gasteiger partial charge in [-0.05, 0) is 29.7 Å². The molecule has 0 spiro atoms. The standard InChI is InChI=1S/C17H18FNO3/c18-15-8-4-7-14(11-15)16(9-10-20)19-17(21)22-12-13-5-2-1-3-6-13/h1-8,11,16,20H,9-10,12H2,(H,19,21)/t16-/m0/s1. The van der Waals surface area contributed by atoms with Crippen molar-refractivity contribution < 1.29 is 19.0 Å². The molecular formula is C17H18FNO3. The fourth-order valence-electron chi connectivity index (χ4n) is 2.08. The van der Waals surface area contributed by atoms with Gasteiger partial charge in [0.2, 0.25) is 0 Å². The van der Waals surface area contributed by atoms with E-state index in [1.54, 1.807) is 12.1 Å². The summed E-state index contributed by atoms with van der Waals surface area (Å²) < 4.78 is 18.4. The van der Waals surface area contributed by atoms with Crippen molar-refractivity contribution in [1.29, 1.82) is 0 Å². The van der Waals surface area contributed by atoms with Gasteiger partial charge < -0.3 is 15.2 Å². The second-order valence-corrected chi connectivity index (χ2v) is 4.83. The fraction of sp³-hybridized carbons (Fsp3) is 0.235. The van der Waals surface area contributed by atoms with E-state index < -0.39 is 12.1 Å². The molecule has 2 aromatic rings. The molecule has 4 nitrogen and oxygen atoms in total. The first-order chi connectivity index (χ1) is 10.7. The smallest absolute Gasteiger partial charge is 0.407 e. The minimum absolute atomic E-state index is 0.125. The number of hydrogen-bond acceptors (Lipinski definition) is 3. The lowest BCUT2D eigenvalue weighted by atomic mass is 10.0. The second kappa shape index (κ2) is 8.14. The number of benzene rings is 2. The van der Waals surface area contributed by atoms with Crippen LogP contribution in [0.15, 0.2) is 54.6 Å². The van der Waals surface area contributed by atoms with Crippen molar-refractivity contribution in [2.75, 3.05) is 6.61 Å². The zero-order valence-electron chi connectivity index (χ0n) is 12.0. The van der Waals surface area contributed by atoms with E-state index in [0.29, 0.717) is 5.56 Å². The van der Waals surface area contributed by atoms with Gasteiger partial charge in [0, 0.05) is 6.61 Å². The first kappa shape index (κ1) is 16.0. The van der Waals surface area contributed by atoms with Gasteiger partial charge >= 0.3 is 6.09 Å². The maximum atomic E-state index is 13.3. The van der Waals surface area contributed by atoms with E-state index in [1.807, 2.05) is 30.3 Å². The van der Waals surface area contributed by atoms with Crippen LogP contribution in [0.1, 0.15) is 23.6 Å². The summed E-state index contributed by atoms with van der Waals surface area (Å²) in [5.74, 6) is -0.389. The van der Waals surface area contributed by atoms with Crippen LogP contribution < -0.4 is 5.32 Å². The summed E-state index contributed by atoms with van der Waals surface area (Å²) >= 11 is 0. The number of nitrogens with one attached hydrogen (secondary N) is 1. The summed E-state index contributed by atoms with van der Waals surface area (Å²) in [6, 6.07) is 14.7. The van der Waals surface area contributed by atoms with Gasteiger partial charge in [-0.15, -0.1) is 0 Å². The maximum absolute atomic E-state index is 13.3. The molecule has 0 heterocycles. The Hall–Kier alpha value is -2.40. The highest BCUT2D eigenvalue weighted by Gasteiger charge is 2.15. The molecule has 1 amide bonds. The number of ether oxygens (including phenoxy) is 1. The first-order valence-corrected chi connectivity index (χ1v) is 7.02. The third kappa shape index (κ3) is 4.86. The summed E-state index contributed by atoms with van der Waals surface area (Å²) in [7, 11) is 0. The monoisotopic (exact) mass is 303 g/mol. The summed E-state index contributed by atoms with van der Waals surface area (Å²) in [4.78, 5) is 11.9. The summed E-state index contributed by atoms with van der Waals surface area (Å²) in [6.07, 6.45) is -0.323. The molecule has 0 aliphatic heterocycles. The zero-order valence-corrected chi connectivity index (χ0v) is 12.0. The average molecular weight is 303 g/mol. The van der Waals surface area contributed by atoms with Crippen molar-refractivity contribution in [1.82, 2.24) is 5.32 Å². The number of carbonyl (C=O) groups excluding carboxylic acids is 1. The molecule has 22 heavy (non-hydrogen) atoms. The highest BCUT2D eigenvalue weighted by atomic mass is 19.1. The van der Waals surface area contributed by atoms with Crippen molar-refractivity contribution in [2.24, 2.45) is 0 Å². The molecule has 2 rings (SSSR count). The lowest BCUT2D eigenvalue weighted by Crippen LogP contribution is -2.29. The molecule has 116 valence electrons. The lowest BCUT2D eigenvalue weighted by Gasteiger charge is -2.18. The van der Waals surface area contributed by atoms with Gasteiger partial charge in [-0.25, -0.2) is 9.18 Å². The molecule has 0 fully saturated rings. The molecule has 2 N–H and O–H groups in total. The Morgan fingerprint density at radius 2 is 1.95 bits per heavy atom. The van der Waals surface area contributed by atoms with Crippen LogP contribution in [0.25, 0.3) is 0 Å². The van der Waals surface area contributed by atoms with Crippen molar-refractivity contribution >= 4 is 6.09 Å². The van der Waals surface area contributed by atoms with Gasteiger partial charge in [-0.1, -0.05) is 42.5 Å². The highest BCUT2D eigenvalue weighted by molar-refractivity contribution is 5.68. The topological polar surface area (TPSA) is 58.6 Å². The molecule has 1 atom stereocenters. The van der Waals surface area contributed by atoms with Gasteiger partial charge in [0.25, 0.3) is 0 Å². The zero-order chi connectivity index (χ0) is 15.8. The number of carbonyl (C=O) groups is 1. The Morgan fingerprint density at radius 1 is 1.18 bits per heavy atom. The Morgan fingerprint density at radius 3 is 2.64 bits per heavy atom. The molecule has 0 aromatic heterocycles. The number of aliphatic hydroxyl groups is 1. The number of rotatable bonds is 6. The minimum atomic E-state index is -0.605. The molecule has 0 bridgehead atoms. The van der Waals surface area contributed by atoms with Crippen LogP contribution in [0.5, 0.6) is 0 Å². The molecule has 0 saturated heterocycles. The Labute approximate surface area is 128 Å². The van der Waals surface area contributed by atoms with Gasteiger partial charge in [0.05, 0.1) is 6.04 Å². The van der Waals surface area contributed by atoms with Crippen molar-refractivity contribution in [3.05, 3.63) is 71.5 Å². The highest BCUT2D eigenvalue weighted by Crippen LogP contribution is 2.17. The van der Waals surface area contributed by atoms with E-state index in [-0.39, 0.29) is 25.5 Å². The van der Waals surface area contributed by atoms with E-state index in [9.17, 15) is 9.18 Å². The molecule has 0 aliphatic carbocycles. The Bertz CT molecular complexity index is 604. The lowest BCUT2D eigenvalue weighted by molar-refractivity contribution is 0.133. The van der Waals surface area contributed by atoms with Gasteiger partial charge in [0.15, 0.2) is 0 Å². The molecule has 0 radical (unpaired) electrons. The quantitative estimate of drug-likeness (QED) is 0.861. The molecule has 0 saturated carbocycles. The summed E-state index contributed by atoms with van der Waals surface area (Å²) in [5.41, 5.74) is 1.47. The third-order valence-electron chi connectivity index (χ3n) is 3.17. The van der Waals surface area contributed by atoms with Crippen LogP contribution in [0.2, 0.25) is 0 Å². The summed E-state index contributed by atoms with van der Waals surface area (Å²) in [6.45, 7) is 0.0296. The van der Waals surface area contributed by atoms with E-state index in [2.05, 4.69) is 5.32 Å². The molecular weight excluding hydrogens is 285 g/mol. The fourth-order valence-corrected chi connectivity index (χ4v) is 2.08. The van der Waals surface area contributed by atoms with E-state index in [4.69, 9.17) is 9.84 Å². The largest absolute Gasteiger partial charge is 0.445 e. The maximum Gasteiger partial charge on any atom is 0.407 e. The SMILES string of the molecule is O=C(N[C@@H](CCO)c1cccc(F)c1)OCc1ccccc1. The minimum Gasteiger partial charge on any atom is -0.445 e.